The number of H-pyrrole nitrogens is 1. The fourth-order valence-electron chi connectivity index (χ4n) is 1.14. The van der Waals surface area contributed by atoms with Crippen molar-refractivity contribution in [3.05, 3.63) is 29.0 Å². The standard InChI is InChI=1S/C8H7ClN4.2CHN/c9-7-4-12-8-6(7)1-5(2-11-8)3-13-10;2*1-2/h1-4H,10H2,(H,11,12);2*1H. The lowest BCUT2D eigenvalue weighted by Gasteiger charge is -1.92. The minimum atomic E-state index is 0.648. The molecule has 0 spiro atoms. The van der Waals surface area contributed by atoms with Crippen molar-refractivity contribution in [1.82, 2.24) is 9.97 Å². The van der Waals surface area contributed by atoms with Crippen LogP contribution in [0, 0.1) is 23.7 Å². The Bertz CT molecular complexity index is 533. The lowest BCUT2D eigenvalue weighted by Crippen LogP contribution is -1.87. The van der Waals surface area contributed by atoms with Gasteiger partial charge in [0, 0.05) is 36.5 Å². The van der Waals surface area contributed by atoms with E-state index in [1.165, 1.54) is 6.21 Å². The third-order valence-corrected chi connectivity index (χ3v) is 2.04. The number of hydrogen-bond donors (Lipinski definition) is 2. The van der Waals surface area contributed by atoms with E-state index in [2.05, 4.69) is 28.2 Å². The molecule has 2 aromatic heterocycles. The largest absolute Gasteiger partial charge is 0.345 e. The topological polar surface area (TPSA) is 115 Å². The van der Waals surface area contributed by atoms with E-state index < -0.39 is 0 Å². The molecule has 0 saturated heterocycles. The van der Waals surface area contributed by atoms with Crippen molar-refractivity contribution in [3.8, 4) is 13.1 Å². The molecule has 0 aliphatic rings. The number of hydrogen-bond acceptors (Lipinski definition) is 5. The molecule has 0 bridgehead atoms. The second kappa shape index (κ2) is 7.69. The Labute approximate surface area is 103 Å². The predicted octanol–water partition coefficient (Wildman–Crippen LogP) is 1.79. The number of aromatic amines is 1. The number of nitrogens with one attached hydrogen (secondary N) is 1. The molecule has 0 aromatic carbocycles. The van der Waals surface area contributed by atoms with Crippen LogP contribution in [0.5, 0.6) is 0 Å². The third-order valence-electron chi connectivity index (χ3n) is 1.73. The minimum Gasteiger partial charge on any atom is -0.345 e. The van der Waals surface area contributed by atoms with Gasteiger partial charge in [-0.2, -0.15) is 5.10 Å². The zero-order valence-corrected chi connectivity index (χ0v) is 9.46. The van der Waals surface area contributed by atoms with E-state index in [1.54, 1.807) is 12.4 Å². The third kappa shape index (κ3) is 3.49. The Morgan fingerprint density at radius 1 is 1.41 bits per heavy atom. The summed E-state index contributed by atoms with van der Waals surface area (Å²) in [5.74, 6) is 5.02. The summed E-state index contributed by atoms with van der Waals surface area (Å²) in [6, 6.07) is 1.87. The van der Waals surface area contributed by atoms with Crippen LogP contribution in [-0.4, -0.2) is 16.2 Å². The van der Waals surface area contributed by atoms with Crippen LogP contribution in [0.3, 0.4) is 0 Å². The number of nitriles is 2. The van der Waals surface area contributed by atoms with Gasteiger partial charge in [0.1, 0.15) is 5.65 Å². The molecule has 2 rings (SSSR count). The molecule has 0 atom stereocenters. The average Bonchev–Trinajstić information content (AvgIpc) is 2.77. The number of rotatable bonds is 1. The van der Waals surface area contributed by atoms with Gasteiger partial charge in [-0.15, -0.1) is 0 Å². The molecule has 0 fully saturated rings. The predicted molar refractivity (Wildman–Crippen MR) is 66.2 cm³/mol. The summed E-state index contributed by atoms with van der Waals surface area (Å²) in [6.07, 6.45) is 4.89. The van der Waals surface area contributed by atoms with E-state index in [0.717, 1.165) is 16.6 Å². The summed E-state index contributed by atoms with van der Waals surface area (Å²) < 4.78 is 0. The van der Waals surface area contributed by atoms with Crippen molar-refractivity contribution < 1.29 is 0 Å². The Balaban J connectivity index is 0.000000581. The van der Waals surface area contributed by atoms with E-state index in [1.807, 2.05) is 6.07 Å². The SMILES string of the molecule is C#N.C#N.NN=Cc1cnc2[nH]cc(Cl)c2c1. The molecular weight excluding hydrogens is 240 g/mol. The zero-order chi connectivity index (χ0) is 13.3. The normalized spacial score (nSPS) is 9.00. The van der Waals surface area contributed by atoms with Gasteiger partial charge in [0.2, 0.25) is 0 Å². The molecule has 0 unspecified atom stereocenters. The first-order valence-electron chi connectivity index (χ1n) is 4.19. The maximum absolute atomic E-state index is 6.50. The molecule has 7 heteroatoms. The highest BCUT2D eigenvalue weighted by Gasteiger charge is 2.01. The molecule has 2 aromatic rings. The maximum atomic E-state index is 6.50. The van der Waals surface area contributed by atoms with E-state index in [9.17, 15) is 0 Å². The number of hydrazone groups is 1. The summed E-state index contributed by atoms with van der Waals surface area (Å²) >= 11 is 5.90. The van der Waals surface area contributed by atoms with Crippen molar-refractivity contribution in [1.29, 1.82) is 10.5 Å². The first-order chi connectivity index (χ1) is 8.31. The average molecular weight is 249 g/mol. The summed E-state index contributed by atoms with van der Waals surface area (Å²) in [5, 5.41) is 17.9. The molecule has 0 saturated carbocycles. The fraction of sp³-hybridized carbons (Fsp3) is 0. The van der Waals surface area contributed by atoms with Crippen LogP contribution in [0.1, 0.15) is 5.56 Å². The lowest BCUT2D eigenvalue weighted by atomic mass is 10.2. The van der Waals surface area contributed by atoms with Crippen LogP contribution in [-0.2, 0) is 0 Å². The van der Waals surface area contributed by atoms with Gasteiger partial charge >= 0.3 is 0 Å². The van der Waals surface area contributed by atoms with Crippen LogP contribution < -0.4 is 5.84 Å². The summed E-state index contributed by atoms with van der Waals surface area (Å²) in [4.78, 5) is 7.07. The monoisotopic (exact) mass is 248 g/mol. The Kier molecular flexibility index (Phi) is 6.52. The summed E-state index contributed by atoms with van der Waals surface area (Å²) in [7, 11) is 0. The first-order valence-corrected chi connectivity index (χ1v) is 4.56. The quantitative estimate of drug-likeness (QED) is 0.455. The molecule has 3 N–H and O–H groups in total. The Morgan fingerprint density at radius 3 is 2.65 bits per heavy atom. The van der Waals surface area contributed by atoms with Crippen LogP contribution >= 0.6 is 11.6 Å². The molecule has 2 heterocycles. The van der Waals surface area contributed by atoms with Crippen molar-refractivity contribution in [3.63, 3.8) is 0 Å². The molecule has 6 nitrogen and oxygen atoms in total. The smallest absolute Gasteiger partial charge is 0.138 e. The van der Waals surface area contributed by atoms with Gasteiger partial charge in [0.25, 0.3) is 0 Å². The van der Waals surface area contributed by atoms with Crippen LogP contribution in [0.4, 0.5) is 0 Å². The molecule has 0 amide bonds. The van der Waals surface area contributed by atoms with Gasteiger partial charge in [-0.25, -0.2) is 15.5 Å². The Hall–Kier alpha value is -2.57. The molecule has 0 aliphatic heterocycles. The number of aromatic nitrogens is 2. The lowest BCUT2D eigenvalue weighted by molar-refractivity contribution is 1.26. The molecule has 0 radical (unpaired) electrons. The van der Waals surface area contributed by atoms with Gasteiger partial charge in [0.05, 0.1) is 11.2 Å². The first kappa shape index (κ1) is 14.4. The van der Waals surface area contributed by atoms with Gasteiger partial charge < -0.3 is 10.8 Å². The highest BCUT2D eigenvalue weighted by atomic mass is 35.5. The molecular formula is C10H9ClN6. The van der Waals surface area contributed by atoms with E-state index in [-0.39, 0.29) is 0 Å². The molecule has 17 heavy (non-hydrogen) atoms. The van der Waals surface area contributed by atoms with Gasteiger partial charge in [-0.1, -0.05) is 11.6 Å². The van der Waals surface area contributed by atoms with E-state index >= 15 is 0 Å². The molecule has 0 aliphatic carbocycles. The van der Waals surface area contributed by atoms with Gasteiger partial charge in [-0.3, -0.25) is 0 Å². The highest BCUT2D eigenvalue weighted by molar-refractivity contribution is 6.35. The summed E-state index contributed by atoms with van der Waals surface area (Å²) in [6.45, 7) is 7.00. The zero-order valence-electron chi connectivity index (χ0n) is 8.71. The second-order valence-electron chi connectivity index (χ2n) is 2.58. The summed E-state index contributed by atoms with van der Waals surface area (Å²) in [5.41, 5.74) is 1.59. The minimum absolute atomic E-state index is 0.648. The maximum Gasteiger partial charge on any atom is 0.138 e. The van der Waals surface area contributed by atoms with Crippen LogP contribution in [0.25, 0.3) is 11.0 Å². The second-order valence-corrected chi connectivity index (χ2v) is 2.99. The number of fused-ring (bicyclic) bond motifs is 1. The number of nitrogens with two attached hydrogens (primary N) is 1. The Morgan fingerprint density at radius 2 is 2.06 bits per heavy atom. The van der Waals surface area contributed by atoms with E-state index in [0.29, 0.717) is 5.02 Å². The fourth-order valence-corrected chi connectivity index (χ4v) is 1.34. The van der Waals surface area contributed by atoms with Gasteiger partial charge in [0.15, 0.2) is 0 Å². The van der Waals surface area contributed by atoms with Crippen molar-refractivity contribution in [2.45, 2.75) is 0 Å². The van der Waals surface area contributed by atoms with Crippen molar-refractivity contribution in [2.75, 3.05) is 0 Å². The number of pyridine rings is 1. The van der Waals surface area contributed by atoms with E-state index in [4.69, 9.17) is 28.0 Å². The van der Waals surface area contributed by atoms with Gasteiger partial charge in [-0.05, 0) is 6.07 Å². The highest BCUT2D eigenvalue weighted by Crippen LogP contribution is 2.21. The van der Waals surface area contributed by atoms with Crippen LogP contribution in [0.2, 0.25) is 5.02 Å². The molecule has 86 valence electrons. The number of halogens is 1. The van der Waals surface area contributed by atoms with Crippen molar-refractivity contribution >= 4 is 28.8 Å². The van der Waals surface area contributed by atoms with Crippen molar-refractivity contribution in [2.24, 2.45) is 10.9 Å². The number of nitrogens with zero attached hydrogens (tertiary/aromatic N) is 4. The van der Waals surface area contributed by atoms with Crippen LogP contribution in [0.15, 0.2) is 23.6 Å².